The number of thioether (sulfide) groups is 1. The molecule has 0 radical (unpaired) electrons. The van der Waals surface area contributed by atoms with Crippen molar-refractivity contribution in [3.05, 3.63) is 40.5 Å². The summed E-state index contributed by atoms with van der Waals surface area (Å²) in [6, 6.07) is 5.52. The molecule has 0 bridgehead atoms. The first-order chi connectivity index (χ1) is 9.22. The zero-order valence-electron chi connectivity index (χ0n) is 9.71. The molecular formula is C12H9ClN4S2. The molecule has 7 heteroatoms. The fourth-order valence-electron chi connectivity index (χ4n) is 1.59. The van der Waals surface area contributed by atoms with Gasteiger partial charge in [-0.05, 0) is 23.6 Å². The summed E-state index contributed by atoms with van der Waals surface area (Å²) in [6.07, 6.45) is 1.69. The lowest BCUT2D eigenvalue weighted by Gasteiger charge is -2.02. The van der Waals surface area contributed by atoms with Gasteiger partial charge in [-0.25, -0.2) is 9.97 Å². The van der Waals surface area contributed by atoms with Gasteiger partial charge in [0.25, 0.3) is 0 Å². The van der Waals surface area contributed by atoms with Crippen LogP contribution in [0.4, 0.5) is 5.82 Å². The SMILES string of the molecule is Nc1nc(SCc2cc(Cl)ccn2)nc2sccc12. The maximum Gasteiger partial charge on any atom is 0.191 e. The van der Waals surface area contributed by atoms with Crippen LogP contribution in [0, 0.1) is 0 Å². The molecule has 0 fully saturated rings. The van der Waals surface area contributed by atoms with Crippen LogP contribution in [0.3, 0.4) is 0 Å². The van der Waals surface area contributed by atoms with Crippen LogP contribution in [-0.4, -0.2) is 15.0 Å². The molecule has 0 aromatic carbocycles. The Morgan fingerprint density at radius 1 is 1.32 bits per heavy atom. The van der Waals surface area contributed by atoms with Gasteiger partial charge in [-0.2, -0.15) is 0 Å². The standard InChI is InChI=1S/C12H9ClN4S2/c13-7-1-3-15-8(5-7)6-19-12-16-10(14)9-2-4-18-11(9)17-12/h1-5H,6H2,(H2,14,16,17). The van der Waals surface area contributed by atoms with Gasteiger partial charge >= 0.3 is 0 Å². The molecular weight excluding hydrogens is 300 g/mol. The molecule has 4 nitrogen and oxygen atoms in total. The Morgan fingerprint density at radius 2 is 2.21 bits per heavy atom. The molecule has 3 aromatic rings. The van der Waals surface area contributed by atoms with Crippen LogP contribution in [0.25, 0.3) is 10.2 Å². The third kappa shape index (κ3) is 2.80. The van der Waals surface area contributed by atoms with E-state index in [0.717, 1.165) is 15.9 Å². The van der Waals surface area contributed by atoms with Crippen molar-refractivity contribution in [2.75, 3.05) is 5.73 Å². The Kier molecular flexibility index (Phi) is 3.54. The fourth-order valence-corrected chi connectivity index (χ4v) is 3.35. The van der Waals surface area contributed by atoms with E-state index in [1.165, 1.54) is 11.8 Å². The van der Waals surface area contributed by atoms with Crippen molar-refractivity contribution in [3.8, 4) is 0 Å². The summed E-state index contributed by atoms with van der Waals surface area (Å²) in [4.78, 5) is 13.9. The van der Waals surface area contributed by atoms with Crippen molar-refractivity contribution < 1.29 is 0 Å². The highest BCUT2D eigenvalue weighted by atomic mass is 35.5. The quantitative estimate of drug-likeness (QED) is 0.591. The Bertz CT molecular complexity index is 729. The van der Waals surface area contributed by atoms with Crippen molar-refractivity contribution in [2.24, 2.45) is 0 Å². The second-order valence-electron chi connectivity index (χ2n) is 3.78. The number of rotatable bonds is 3. The summed E-state index contributed by atoms with van der Waals surface area (Å²) in [6.45, 7) is 0. The molecule has 0 unspecified atom stereocenters. The van der Waals surface area contributed by atoms with E-state index in [0.29, 0.717) is 21.7 Å². The number of nitrogens with two attached hydrogens (primary N) is 1. The largest absolute Gasteiger partial charge is 0.383 e. The minimum atomic E-state index is 0.521. The maximum absolute atomic E-state index is 5.92. The third-order valence-electron chi connectivity index (χ3n) is 2.46. The Morgan fingerprint density at radius 3 is 3.05 bits per heavy atom. The number of nitrogens with zero attached hydrogens (tertiary/aromatic N) is 3. The molecule has 0 atom stereocenters. The Balaban J connectivity index is 1.81. The number of halogens is 1. The second kappa shape index (κ2) is 5.32. The van der Waals surface area contributed by atoms with Crippen LogP contribution in [0.15, 0.2) is 34.9 Å². The minimum absolute atomic E-state index is 0.521. The van der Waals surface area contributed by atoms with Gasteiger partial charge in [-0.3, -0.25) is 4.98 Å². The van der Waals surface area contributed by atoms with Crippen molar-refractivity contribution in [2.45, 2.75) is 10.9 Å². The number of pyridine rings is 1. The molecule has 0 saturated carbocycles. The van der Waals surface area contributed by atoms with Crippen LogP contribution in [0.5, 0.6) is 0 Å². The van der Waals surface area contributed by atoms with Crippen LogP contribution >= 0.6 is 34.7 Å². The van der Waals surface area contributed by atoms with E-state index < -0.39 is 0 Å². The number of nitrogen functional groups attached to an aromatic ring is 1. The third-order valence-corrected chi connectivity index (χ3v) is 4.38. The molecule has 0 saturated heterocycles. The molecule has 0 spiro atoms. The van der Waals surface area contributed by atoms with E-state index in [9.17, 15) is 0 Å². The molecule has 3 heterocycles. The normalized spacial score (nSPS) is 11.0. The molecule has 19 heavy (non-hydrogen) atoms. The first kappa shape index (κ1) is 12.7. The first-order valence-corrected chi connectivity index (χ1v) is 7.70. The summed E-state index contributed by atoms with van der Waals surface area (Å²) in [5.41, 5.74) is 6.79. The molecule has 3 rings (SSSR count). The maximum atomic E-state index is 5.92. The average molecular weight is 309 g/mol. The van der Waals surface area contributed by atoms with E-state index in [4.69, 9.17) is 17.3 Å². The Hall–Kier alpha value is -1.37. The van der Waals surface area contributed by atoms with Crippen molar-refractivity contribution in [1.82, 2.24) is 15.0 Å². The predicted molar refractivity (Wildman–Crippen MR) is 80.6 cm³/mol. The highest BCUT2D eigenvalue weighted by Gasteiger charge is 2.07. The van der Waals surface area contributed by atoms with Crippen LogP contribution in [0.1, 0.15) is 5.69 Å². The lowest BCUT2D eigenvalue weighted by molar-refractivity contribution is 1.01. The van der Waals surface area contributed by atoms with Crippen LogP contribution < -0.4 is 5.73 Å². The summed E-state index contributed by atoms with van der Waals surface area (Å²) in [7, 11) is 0. The molecule has 0 aliphatic rings. The zero-order chi connectivity index (χ0) is 13.2. The first-order valence-electron chi connectivity index (χ1n) is 5.46. The summed E-state index contributed by atoms with van der Waals surface area (Å²) >= 11 is 8.97. The highest BCUT2D eigenvalue weighted by Crippen LogP contribution is 2.27. The van der Waals surface area contributed by atoms with Gasteiger partial charge in [0.15, 0.2) is 5.16 Å². The number of aromatic nitrogens is 3. The predicted octanol–water partition coefficient (Wildman–Crippen LogP) is 3.61. The molecule has 0 aliphatic carbocycles. The fraction of sp³-hybridized carbons (Fsp3) is 0.0833. The topological polar surface area (TPSA) is 64.7 Å². The van der Waals surface area contributed by atoms with Crippen LogP contribution in [0.2, 0.25) is 5.02 Å². The van der Waals surface area contributed by atoms with E-state index in [-0.39, 0.29) is 0 Å². The van der Waals surface area contributed by atoms with Gasteiger partial charge in [0.2, 0.25) is 0 Å². The van der Waals surface area contributed by atoms with E-state index >= 15 is 0 Å². The molecule has 96 valence electrons. The number of hydrogen-bond donors (Lipinski definition) is 1. The van der Waals surface area contributed by atoms with Gasteiger partial charge in [-0.15, -0.1) is 11.3 Å². The molecule has 0 aliphatic heterocycles. The number of anilines is 1. The monoisotopic (exact) mass is 308 g/mol. The minimum Gasteiger partial charge on any atom is -0.383 e. The second-order valence-corrected chi connectivity index (χ2v) is 6.06. The van der Waals surface area contributed by atoms with Gasteiger partial charge in [0.05, 0.1) is 11.1 Å². The average Bonchev–Trinajstić information content (AvgIpc) is 2.85. The van der Waals surface area contributed by atoms with Gasteiger partial charge < -0.3 is 5.73 Å². The molecule has 2 N–H and O–H groups in total. The Labute approximate surface area is 123 Å². The summed E-state index contributed by atoms with van der Waals surface area (Å²) < 4.78 is 0. The van der Waals surface area contributed by atoms with Crippen LogP contribution in [-0.2, 0) is 5.75 Å². The van der Waals surface area contributed by atoms with Crippen molar-refractivity contribution >= 4 is 50.7 Å². The highest BCUT2D eigenvalue weighted by molar-refractivity contribution is 7.98. The lowest BCUT2D eigenvalue weighted by atomic mass is 10.4. The number of fused-ring (bicyclic) bond motifs is 1. The van der Waals surface area contributed by atoms with Gasteiger partial charge in [-0.1, -0.05) is 23.4 Å². The smallest absolute Gasteiger partial charge is 0.191 e. The van der Waals surface area contributed by atoms with E-state index in [1.54, 1.807) is 23.6 Å². The van der Waals surface area contributed by atoms with Gasteiger partial charge in [0, 0.05) is 17.0 Å². The number of thiophene rings is 1. The van der Waals surface area contributed by atoms with Gasteiger partial charge in [0.1, 0.15) is 10.6 Å². The van der Waals surface area contributed by atoms with Crippen molar-refractivity contribution in [1.29, 1.82) is 0 Å². The molecule has 0 amide bonds. The van der Waals surface area contributed by atoms with Crippen molar-refractivity contribution in [3.63, 3.8) is 0 Å². The van der Waals surface area contributed by atoms with E-state index in [1.807, 2.05) is 17.5 Å². The molecule has 3 aromatic heterocycles. The summed E-state index contributed by atoms with van der Waals surface area (Å²) in [5.74, 6) is 1.18. The summed E-state index contributed by atoms with van der Waals surface area (Å²) in [5, 5.41) is 4.21. The zero-order valence-corrected chi connectivity index (χ0v) is 12.1. The van der Waals surface area contributed by atoms with E-state index in [2.05, 4.69) is 15.0 Å². The lowest BCUT2D eigenvalue weighted by Crippen LogP contribution is -1.95. The number of hydrogen-bond acceptors (Lipinski definition) is 6.